The molecule has 0 fully saturated rings. The Morgan fingerprint density at radius 3 is 2.63 bits per heavy atom. The van der Waals surface area contributed by atoms with E-state index in [2.05, 4.69) is 9.97 Å². The molecule has 0 aliphatic carbocycles. The molecule has 2 rings (SSSR count). The van der Waals surface area contributed by atoms with Gasteiger partial charge in [0, 0.05) is 12.8 Å². The summed E-state index contributed by atoms with van der Waals surface area (Å²) in [5.41, 5.74) is 6.69. The first-order chi connectivity index (χ1) is 9.19. The number of hydrogen-bond donors (Lipinski definition) is 3. The van der Waals surface area contributed by atoms with Crippen molar-refractivity contribution in [1.29, 1.82) is 5.41 Å². The second-order valence-corrected chi connectivity index (χ2v) is 3.86. The van der Waals surface area contributed by atoms with Crippen molar-refractivity contribution in [1.82, 2.24) is 9.97 Å². The molecular weight excluding hydrogens is 244 g/mol. The Hall–Kier alpha value is -2.47. The van der Waals surface area contributed by atoms with Crippen LogP contribution in [0.5, 0.6) is 11.8 Å². The summed E-state index contributed by atoms with van der Waals surface area (Å²) in [7, 11) is 0. The Bertz CT molecular complexity index is 569. The van der Waals surface area contributed by atoms with Crippen LogP contribution in [-0.4, -0.2) is 27.5 Å². The normalized spacial score (nSPS) is 10.2. The Morgan fingerprint density at radius 2 is 2.00 bits per heavy atom. The number of amidine groups is 1. The molecule has 1 aromatic carbocycles. The van der Waals surface area contributed by atoms with Gasteiger partial charge in [0.1, 0.15) is 17.3 Å². The first kappa shape index (κ1) is 13.0. The number of aliphatic hydroxyl groups is 1. The molecule has 98 valence electrons. The van der Waals surface area contributed by atoms with Crippen LogP contribution in [0.2, 0.25) is 0 Å². The number of hydrogen-bond acceptors (Lipinski definition) is 5. The quantitative estimate of drug-likeness (QED) is 0.550. The van der Waals surface area contributed by atoms with Crippen molar-refractivity contribution < 1.29 is 9.84 Å². The van der Waals surface area contributed by atoms with Crippen molar-refractivity contribution in [2.24, 2.45) is 5.73 Å². The summed E-state index contributed by atoms with van der Waals surface area (Å²) in [5, 5.41) is 16.1. The van der Waals surface area contributed by atoms with E-state index in [0.717, 1.165) is 5.56 Å². The second kappa shape index (κ2) is 5.92. The van der Waals surface area contributed by atoms with Crippen LogP contribution >= 0.6 is 0 Å². The van der Waals surface area contributed by atoms with E-state index in [1.54, 1.807) is 18.2 Å². The van der Waals surface area contributed by atoms with Gasteiger partial charge in [-0.05, 0) is 30.2 Å². The fraction of sp³-hybridized carbons (Fsp3) is 0.154. The zero-order valence-electron chi connectivity index (χ0n) is 10.2. The molecule has 0 aliphatic rings. The predicted molar refractivity (Wildman–Crippen MR) is 70.4 cm³/mol. The Kier molecular flexibility index (Phi) is 4.04. The van der Waals surface area contributed by atoms with Crippen LogP contribution in [0, 0.1) is 5.41 Å². The van der Waals surface area contributed by atoms with Crippen LogP contribution < -0.4 is 10.5 Å². The van der Waals surface area contributed by atoms with Gasteiger partial charge in [-0.1, -0.05) is 12.1 Å². The van der Waals surface area contributed by atoms with Crippen molar-refractivity contribution in [2.45, 2.75) is 6.42 Å². The number of rotatable bonds is 5. The Balaban J connectivity index is 2.12. The maximum atomic E-state index is 8.82. The summed E-state index contributed by atoms with van der Waals surface area (Å²) < 4.78 is 5.47. The van der Waals surface area contributed by atoms with Gasteiger partial charge in [-0.2, -0.15) is 4.98 Å². The summed E-state index contributed by atoms with van der Waals surface area (Å²) >= 11 is 0. The molecule has 0 spiro atoms. The van der Waals surface area contributed by atoms with Gasteiger partial charge in [0.15, 0.2) is 0 Å². The standard InChI is InChI=1S/C13H14N4O2/c14-12(15)11-5-7-16-13(17-11)19-10-3-1-9(2-4-10)6-8-18/h1-5,7,18H,6,8H2,(H3,14,15). The van der Waals surface area contributed by atoms with Crippen LogP contribution in [-0.2, 0) is 6.42 Å². The maximum absolute atomic E-state index is 8.82. The molecule has 0 unspecified atom stereocenters. The average Bonchev–Trinajstić information content (AvgIpc) is 2.42. The molecule has 0 saturated heterocycles. The van der Waals surface area contributed by atoms with E-state index in [-0.39, 0.29) is 18.5 Å². The van der Waals surface area contributed by atoms with E-state index in [4.69, 9.17) is 21.0 Å². The number of nitrogen functional groups attached to an aromatic ring is 1. The van der Waals surface area contributed by atoms with Gasteiger partial charge in [0.2, 0.25) is 0 Å². The number of nitrogens with zero attached hydrogens (tertiary/aromatic N) is 2. The van der Waals surface area contributed by atoms with Gasteiger partial charge in [-0.3, -0.25) is 5.41 Å². The lowest BCUT2D eigenvalue weighted by molar-refractivity contribution is 0.299. The summed E-state index contributed by atoms with van der Waals surface area (Å²) in [6.45, 7) is 0.115. The zero-order chi connectivity index (χ0) is 13.7. The van der Waals surface area contributed by atoms with E-state index in [1.807, 2.05) is 12.1 Å². The van der Waals surface area contributed by atoms with E-state index in [9.17, 15) is 0 Å². The van der Waals surface area contributed by atoms with Gasteiger partial charge in [-0.15, -0.1) is 0 Å². The Labute approximate surface area is 110 Å². The third-order valence-corrected chi connectivity index (χ3v) is 2.44. The summed E-state index contributed by atoms with van der Waals surface area (Å²) in [5.74, 6) is 0.452. The van der Waals surface area contributed by atoms with E-state index in [1.165, 1.54) is 6.20 Å². The maximum Gasteiger partial charge on any atom is 0.322 e. The van der Waals surface area contributed by atoms with Crippen molar-refractivity contribution in [3.63, 3.8) is 0 Å². The summed E-state index contributed by atoms with van der Waals surface area (Å²) in [6, 6.07) is 8.95. The van der Waals surface area contributed by atoms with E-state index >= 15 is 0 Å². The molecule has 0 bridgehead atoms. The van der Waals surface area contributed by atoms with Crippen molar-refractivity contribution >= 4 is 5.84 Å². The third kappa shape index (κ3) is 3.49. The van der Waals surface area contributed by atoms with Crippen LogP contribution in [0.3, 0.4) is 0 Å². The highest BCUT2D eigenvalue weighted by atomic mass is 16.5. The fourth-order valence-corrected chi connectivity index (χ4v) is 1.50. The van der Waals surface area contributed by atoms with Crippen molar-refractivity contribution in [3.8, 4) is 11.8 Å². The molecule has 0 aliphatic heterocycles. The topological polar surface area (TPSA) is 105 Å². The van der Waals surface area contributed by atoms with Crippen molar-refractivity contribution in [3.05, 3.63) is 47.8 Å². The van der Waals surface area contributed by atoms with Gasteiger partial charge < -0.3 is 15.6 Å². The molecule has 4 N–H and O–H groups in total. The first-order valence-electron chi connectivity index (χ1n) is 5.74. The minimum Gasteiger partial charge on any atom is -0.424 e. The lowest BCUT2D eigenvalue weighted by Gasteiger charge is -2.05. The fourth-order valence-electron chi connectivity index (χ4n) is 1.50. The monoisotopic (exact) mass is 258 g/mol. The Morgan fingerprint density at radius 1 is 1.26 bits per heavy atom. The van der Waals surface area contributed by atoms with Crippen molar-refractivity contribution in [2.75, 3.05) is 6.61 Å². The minimum atomic E-state index is -0.134. The molecule has 6 nitrogen and oxygen atoms in total. The number of aromatic nitrogens is 2. The second-order valence-electron chi connectivity index (χ2n) is 3.86. The molecule has 0 atom stereocenters. The van der Waals surface area contributed by atoms with Crippen LogP contribution in [0.25, 0.3) is 0 Å². The molecule has 2 aromatic rings. The smallest absolute Gasteiger partial charge is 0.322 e. The molecule has 6 heteroatoms. The number of aliphatic hydroxyl groups excluding tert-OH is 1. The molecule has 1 aromatic heterocycles. The molecule has 0 amide bonds. The minimum absolute atomic E-state index is 0.115. The highest BCUT2D eigenvalue weighted by molar-refractivity contribution is 5.92. The van der Waals surface area contributed by atoms with Crippen LogP contribution in [0.15, 0.2) is 36.5 Å². The van der Waals surface area contributed by atoms with Crippen LogP contribution in [0.1, 0.15) is 11.3 Å². The molecule has 0 radical (unpaired) electrons. The van der Waals surface area contributed by atoms with Gasteiger partial charge in [0.05, 0.1) is 0 Å². The van der Waals surface area contributed by atoms with Gasteiger partial charge in [0.25, 0.3) is 0 Å². The molecule has 0 saturated carbocycles. The van der Waals surface area contributed by atoms with E-state index in [0.29, 0.717) is 17.9 Å². The highest BCUT2D eigenvalue weighted by Crippen LogP contribution is 2.18. The molecule has 19 heavy (non-hydrogen) atoms. The number of ether oxygens (including phenoxy) is 1. The predicted octanol–water partition coefficient (Wildman–Crippen LogP) is 1.09. The van der Waals surface area contributed by atoms with Crippen LogP contribution in [0.4, 0.5) is 0 Å². The van der Waals surface area contributed by atoms with Gasteiger partial charge in [-0.25, -0.2) is 4.98 Å². The number of nitrogens with two attached hydrogens (primary N) is 1. The highest BCUT2D eigenvalue weighted by Gasteiger charge is 2.04. The number of benzene rings is 1. The number of nitrogens with one attached hydrogen (secondary N) is 1. The largest absolute Gasteiger partial charge is 0.424 e. The summed E-state index contributed by atoms with van der Waals surface area (Å²) in [4.78, 5) is 7.95. The lowest BCUT2D eigenvalue weighted by atomic mass is 10.1. The zero-order valence-corrected chi connectivity index (χ0v) is 10.2. The first-order valence-corrected chi connectivity index (χ1v) is 5.74. The molecular formula is C13H14N4O2. The average molecular weight is 258 g/mol. The van der Waals surface area contributed by atoms with Gasteiger partial charge >= 0.3 is 6.01 Å². The SMILES string of the molecule is N=C(N)c1ccnc(Oc2ccc(CCO)cc2)n1. The molecule has 1 heterocycles. The van der Waals surface area contributed by atoms with E-state index < -0.39 is 0 Å². The third-order valence-electron chi connectivity index (χ3n) is 2.44. The lowest BCUT2D eigenvalue weighted by Crippen LogP contribution is -2.13. The summed E-state index contributed by atoms with van der Waals surface area (Å²) in [6.07, 6.45) is 2.09.